The van der Waals surface area contributed by atoms with Gasteiger partial charge >= 0.3 is 0 Å². The van der Waals surface area contributed by atoms with Gasteiger partial charge in [-0.2, -0.15) is 0 Å². The van der Waals surface area contributed by atoms with E-state index in [1.165, 1.54) is 29.5 Å². The third-order valence-corrected chi connectivity index (χ3v) is 4.34. The molecule has 19 heavy (non-hydrogen) atoms. The summed E-state index contributed by atoms with van der Waals surface area (Å²) in [5, 5.41) is 0. The Morgan fingerprint density at radius 2 is 1.95 bits per heavy atom. The maximum atomic E-state index is 5.58. The van der Waals surface area contributed by atoms with Crippen LogP contribution in [0.5, 0.6) is 0 Å². The summed E-state index contributed by atoms with van der Waals surface area (Å²) in [4.78, 5) is 0. The highest BCUT2D eigenvalue weighted by molar-refractivity contribution is 5.64. The third kappa shape index (κ3) is 2.33. The molecule has 0 spiro atoms. The molecule has 3 rings (SSSR count). The van der Waals surface area contributed by atoms with Crippen molar-refractivity contribution >= 4 is 0 Å². The number of rotatable bonds is 2. The molecule has 1 atom stereocenters. The molecule has 0 saturated heterocycles. The summed E-state index contributed by atoms with van der Waals surface area (Å²) in [6.45, 7) is 0. The van der Waals surface area contributed by atoms with Gasteiger partial charge in [0.1, 0.15) is 5.76 Å². The Balaban J connectivity index is 1.98. The number of hydrogen-bond acceptors (Lipinski definition) is 1. The molecule has 0 fully saturated rings. The van der Waals surface area contributed by atoms with Crippen molar-refractivity contribution in [1.29, 1.82) is 0 Å². The van der Waals surface area contributed by atoms with E-state index >= 15 is 0 Å². The molecule has 0 amide bonds. The SMILES string of the molecule is C[N+](C)(C)C1CCc2c(cccc2-c2ccco2)C1. The minimum Gasteiger partial charge on any atom is -0.464 e. The molecular formula is C17H22NO+. The molecule has 1 aliphatic rings. The van der Waals surface area contributed by atoms with Gasteiger partial charge < -0.3 is 8.90 Å². The quantitative estimate of drug-likeness (QED) is 0.749. The Hall–Kier alpha value is -1.54. The predicted molar refractivity (Wildman–Crippen MR) is 78.0 cm³/mol. The molecular weight excluding hydrogens is 234 g/mol. The largest absolute Gasteiger partial charge is 0.464 e. The second-order valence-electron chi connectivity index (χ2n) is 6.43. The molecule has 1 unspecified atom stereocenters. The summed E-state index contributed by atoms with van der Waals surface area (Å²) in [6.07, 6.45) is 5.35. The highest BCUT2D eigenvalue weighted by Crippen LogP contribution is 2.33. The molecule has 1 heterocycles. The molecule has 0 radical (unpaired) electrons. The fourth-order valence-electron chi connectivity index (χ4n) is 3.11. The summed E-state index contributed by atoms with van der Waals surface area (Å²) in [6, 6.07) is 11.4. The minimum absolute atomic E-state index is 0.722. The van der Waals surface area contributed by atoms with Crippen LogP contribution in [-0.4, -0.2) is 31.7 Å². The number of likely N-dealkylation sites (N-methyl/N-ethyl adjacent to an activating group) is 1. The van der Waals surface area contributed by atoms with Crippen LogP contribution in [0.2, 0.25) is 0 Å². The average molecular weight is 256 g/mol. The Labute approximate surface area is 115 Å². The van der Waals surface area contributed by atoms with E-state index in [4.69, 9.17) is 4.42 Å². The highest BCUT2D eigenvalue weighted by Gasteiger charge is 2.29. The van der Waals surface area contributed by atoms with Crippen LogP contribution in [0.25, 0.3) is 11.3 Å². The lowest BCUT2D eigenvalue weighted by atomic mass is 9.84. The number of fused-ring (bicyclic) bond motifs is 1. The van der Waals surface area contributed by atoms with Crippen LogP contribution in [0.15, 0.2) is 41.0 Å². The molecule has 0 N–H and O–H groups in total. The Kier molecular flexibility index (Phi) is 2.98. The average Bonchev–Trinajstić information content (AvgIpc) is 2.90. The number of furan rings is 1. The van der Waals surface area contributed by atoms with Gasteiger partial charge in [-0.15, -0.1) is 0 Å². The summed E-state index contributed by atoms with van der Waals surface area (Å²) in [7, 11) is 6.89. The van der Waals surface area contributed by atoms with Gasteiger partial charge in [0, 0.05) is 18.4 Å². The molecule has 0 saturated carbocycles. The maximum Gasteiger partial charge on any atom is 0.134 e. The predicted octanol–water partition coefficient (Wildman–Crippen LogP) is 3.51. The van der Waals surface area contributed by atoms with Gasteiger partial charge in [0.05, 0.1) is 33.4 Å². The van der Waals surface area contributed by atoms with Crippen LogP contribution in [0.1, 0.15) is 17.5 Å². The standard InChI is InChI=1S/C17H22NO/c1-18(2,3)14-9-10-15-13(12-14)6-4-7-16(15)17-8-5-11-19-17/h4-8,11,14H,9-10,12H2,1-3H3/q+1. The van der Waals surface area contributed by atoms with Crippen LogP contribution in [0.3, 0.4) is 0 Å². The monoisotopic (exact) mass is 256 g/mol. The number of quaternary nitrogens is 1. The van der Waals surface area contributed by atoms with E-state index in [0.717, 1.165) is 22.7 Å². The summed E-state index contributed by atoms with van der Waals surface area (Å²) in [5.41, 5.74) is 4.27. The lowest BCUT2D eigenvalue weighted by molar-refractivity contribution is -0.896. The van der Waals surface area contributed by atoms with Gasteiger partial charge in [0.15, 0.2) is 0 Å². The number of benzene rings is 1. The van der Waals surface area contributed by atoms with Crippen molar-refractivity contribution in [2.45, 2.75) is 25.3 Å². The first-order valence-corrected chi connectivity index (χ1v) is 7.01. The Bertz CT molecular complexity index is 563. The lowest BCUT2D eigenvalue weighted by Crippen LogP contribution is -2.47. The van der Waals surface area contributed by atoms with Crippen LogP contribution < -0.4 is 0 Å². The number of nitrogens with zero attached hydrogens (tertiary/aromatic N) is 1. The first kappa shape index (κ1) is 12.5. The van der Waals surface area contributed by atoms with Crippen LogP contribution in [-0.2, 0) is 12.8 Å². The van der Waals surface area contributed by atoms with Gasteiger partial charge in [0.25, 0.3) is 0 Å². The minimum atomic E-state index is 0.722. The highest BCUT2D eigenvalue weighted by atomic mass is 16.3. The lowest BCUT2D eigenvalue weighted by Gasteiger charge is -2.37. The van der Waals surface area contributed by atoms with E-state index < -0.39 is 0 Å². The zero-order chi connectivity index (χ0) is 13.5. The van der Waals surface area contributed by atoms with Crippen LogP contribution in [0.4, 0.5) is 0 Å². The van der Waals surface area contributed by atoms with E-state index in [1.54, 1.807) is 6.26 Å². The van der Waals surface area contributed by atoms with E-state index in [0.29, 0.717) is 0 Å². The van der Waals surface area contributed by atoms with Gasteiger partial charge in [-0.25, -0.2) is 0 Å². The van der Waals surface area contributed by atoms with Crippen molar-refractivity contribution in [2.24, 2.45) is 0 Å². The maximum absolute atomic E-state index is 5.58. The summed E-state index contributed by atoms with van der Waals surface area (Å²) < 4.78 is 6.62. The summed E-state index contributed by atoms with van der Waals surface area (Å²) in [5.74, 6) is 1.00. The fraction of sp³-hybridized carbons (Fsp3) is 0.412. The molecule has 2 heteroatoms. The van der Waals surface area contributed by atoms with Gasteiger partial charge in [-0.05, 0) is 29.7 Å². The molecule has 1 aromatic carbocycles. The molecule has 0 aliphatic heterocycles. The molecule has 1 aliphatic carbocycles. The fourth-order valence-corrected chi connectivity index (χ4v) is 3.11. The third-order valence-electron chi connectivity index (χ3n) is 4.34. The van der Waals surface area contributed by atoms with Crippen LogP contribution in [0, 0.1) is 0 Å². The zero-order valence-corrected chi connectivity index (χ0v) is 12.0. The number of hydrogen-bond donors (Lipinski definition) is 0. The molecule has 2 aromatic rings. The van der Waals surface area contributed by atoms with E-state index in [2.05, 4.69) is 45.4 Å². The smallest absolute Gasteiger partial charge is 0.134 e. The first-order valence-electron chi connectivity index (χ1n) is 7.01. The second-order valence-corrected chi connectivity index (χ2v) is 6.43. The second kappa shape index (κ2) is 4.53. The van der Waals surface area contributed by atoms with E-state index in [9.17, 15) is 0 Å². The van der Waals surface area contributed by atoms with Crippen LogP contribution >= 0.6 is 0 Å². The van der Waals surface area contributed by atoms with E-state index in [-0.39, 0.29) is 0 Å². The molecule has 0 bridgehead atoms. The summed E-state index contributed by atoms with van der Waals surface area (Å²) >= 11 is 0. The Morgan fingerprint density at radius 3 is 2.63 bits per heavy atom. The van der Waals surface area contributed by atoms with Gasteiger partial charge in [-0.1, -0.05) is 18.2 Å². The van der Waals surface area contributed by atoms with E-state index in [1.807, 2.05) is 6.07 Å². The van der Waals surface area contributed by atoms with Gasteiger partial charge in [0.2, 0.25) is 0 Å². The molecule has 1 aromatic heterocycles. The molecule has 100 valence electrons. The van der Waals surface area contributed by atoms with Crippen molar-refractivity contribution in [3.05, 3.63) is 47.7 Å². The van der Waals surface area contributed by atoms with Crippen molar-refractivity contribution in [3.63, 3.8) is 0 Å². The first-order chi connectivity index (χ1) is 9.05. The van der Waals surface area contributed by atoms with Crippen molar-refractivity contribution in [3.8, 4) is 11.3 Å². The normalized spacial score (nSPS) is 19.2. The zero-order valence-electron chi connectivity index (χ0n) is 12.0. The Morgan fingerprint density at radius 1 is 1.11 bits per heavy atom. The van der Waals surface area contributed by atoms with Gasteiger partial charge in [-0.3, -0.25) is 0 Å². The topological polar surface area (TPSA) is 13.1 Å². The molecule has 2 nitrogen and oxygen atoms in total. The van der Waals surface area contributed by atoms with Crippen molar-refractivity contribution < 1.29 is 8.90 Å². The van der Waals surface area contributed by atoms with Crippen molar-refractivity contribution in [2.75, 3.05) is 21.1 Å². The van der Waals surface area contributed by atoms with Crippen molar-refractivity contribution in [1.82, 2.24) is 0 Å².